The molecule has 3 amide bonds. The third-order valence-electron chi connectivity index (χ3n) is 5.11. The highest BCUT2D eigenvalue weighted by molar-refractivity contribution is 5.94. The Morgan fingerprint density at radius 2 is 1.73 bits per heavy atom. The van der Waals surface area contributed by atoms with Gasteiger partial charge in [-0.05, 0) is 54.8 Å². The number of hydrogen-bond acceptors (Lipinski definition) is 4. The van der Waals surface area contributed by atoms with Crippen LogP contribution in [-0.2, 0) is 20.8 Å². The van der Waals surface area contributed by atoms with Crippen molar-refractivity contribution >= 4 is 29.1 Å². The van der Waals surface area contributed by atoms with E-state index in [1.54, 1.807) is 18.2 Å². The number of primary amides is 1. The summed E-state index contributed by atoms with van der Waals surface area (Å²) in [6.45, 7) is 1.35. The van der Waals surface area contributed by atoms with Gasteiger partial charge in [-0.3, -0.25) is 14.4 Å². The normalized spacial score (nSPS) is 14.2. The summed E-state index contributed by atoms with van der Waals surface area (Å²) < 4.78 is 13.2. The topological polar surface area (TPSA) is 105 Å². The number of rotatable bonds is 7. The number of nitrogens with zero attached hydrogens (tertiary/aromatic N) is 1. The zero-order valence-corrected chi connectivity index (χ0v) is 16.6. The fourth-order valence-electron chi connectivity index (χ4n) is 3.46. The Morgan fingerprint density at radius 3 is 2.37 bits per heavy atom. The molecule has 0 unspecified atom stereocenters. The smallest absolute Gasteiger partial charge is 0.243 e. The summed E-state index contributed by atoms with van der Waals surface area (Å²) in [4.78, 5) is 37.4. The molecule has 4 N–H and O–H groups in total. The minimum atomic E-state index is -0.404. The molecular formula is C22H25FN4O3. The maximum atomic E-state index is 13.2. The number of hydrogen-bond donors (Lipinski definition) is 3. The van der Waals surface area contributed by atoms with Crippen molar-refractivity contribution in [2.24, 2.45) is 11.7 Å². The molecule has 0 radical (unpaired) electrons. The first kappa shape index (κ1) is 21.3. The lowest BCUT2D eigenvalue weighted by molar-refractivity contribution is -0.123. The molecule has 1 heterocycles. The number of halogens is 1. The van der Waals surface area contributed by atoms with E-state index in [4.69, 9.17) is 5.73 Å². The van der Waals surface area contributed by atoms with Crippen LogP contribution in [0.3, 0.4) is 0 Å². The van der Waals surface area contributed by atoms with Gasteiger partial charge in [-0.25, -0.2) is 4.39 Å². The zero-order chi connectivity index (χ0) is 21.5. The number of anilines is 2. The van der Waals surface area contributed by atoms with Crippen molar-refractivity contribution in [1.29, 1.82) is 0 Å². The van der Waals surface area contributed by atoms with Gasteiger partial charge in [0.1, 0.15) is 5.82 Å². The summed E-state index contributed by atoms with van der Waals surface area (Å²) in [7, 11) is 0. The minimum Gasteiger partial charge on any atom is -0.371 e. The summed E-state index contributed by atoms with van der Waals surface area (Å²) in [6.07, 6.45) is 1.48. The third kappa shape index (κ3) is 6.04. The standard InChI is InChI=1S/C22H25FN4O3/c23-17-3-1-2-15(12-17)13-20(28)25-14-21(29)26-18-4-6-19(7-5-18)27-10-8-16(9-11-27)22(24)30/h1-7,12,16H,8-11,13-14H2,(H2,24,30)(H,25,28)(H,26,29). The fourth-order valence-corrected chi connectivity index (χ4v) is 3.46. The van der Waals surface area contributed by atoms with Crippen molar-refractivity contribution < 1.29 is 18.8 Å². The monoisotopic (exact) mass is 412 g/mol. The van der Waals surface area contributed by atoms with Gasteiger partial charge in [0.2, 0.25) is 17.7 Å². The van der Waals surface area contributed by atoms with Gasteiger partial charge in [-0.2, -0.15) is 0 Å². The highest BCUT2D eigenvalue weighted by Crippen LogP contribution is 2.24. The van der Waals surface area contributed by atoms with Crippen LogP contribution >= 0.6 is 0 Å². The van der Waals surface area contributed by atoms with E-state index in [9.17, 15) is 18.8 Å². The molecular weight excluding hydrogens is 387 g/mol. The van der Waals surface area contributed by atoms with Crippen LogP contribution in [0.4, 0.5) is 15.8 Å². The van der Waals surface area contributed by atoms with Crippen LogP contribution in [-0.4, -0.2) is 37.4 Å². The van der Waals surface area contributed by atoms with Gasteiger partial charge in [0, 0.05) is 30.4 Å². The first-order valence-electron chi connectivity index (χ1n) is 9.86. The highest BCUT2D eigenvalue weighted by atomic mass is 19.1. The average Bonchev–Trinajstić information content (AvgIpc) is 2.73. The van der Waals surface area contributed by atoms with Crippen molar-refractivity contribution in [3.63, 3.8) is 0 Å². The van der Waals surface area contributed by atoms with E-state index in [1.165, 1.54) is 18.2 Å². The first-order chi connectivity index (χ1) is 14.4. The van der Waals surface area contributed by atoms with Gasteiger partial charge >= 0.3 is 0 Å². The molecule has 0 spiro atoms. The molecule has 1 saturated heterocycles. The molecule has 0 aromatic heterocycles. The second kappa shape index (κ2) is 9.87. The van der Waals surface area contributed by atoms with E-state index in [-0.39, 0.29) is 36.6 Å². The van der Waals surface area contributed by atoms with Gasteiger partial charge in [0.05, 0.1) is 13.0 Å². The maximum Gasteiger partial charge on any atom is 0.243 e. The number of benzene rings is 2. The molecule has 2 aromatic carbocycles. The fraction of sp³-hybridized carbons (Fsp3) is 0.318. The first-order valence-corrected chi connectivity index (χ1v) is 9.86. The van der Waals surface area contributed by atoms with E-state index in [1.807, 2.05) is 12.1 Å². The SMILES string of the molecule is NC(=O)C1CCN(c2ccc(NC(=O)CNC(=O)Cc3cccc(F)c3)cc2)CC1. The van der Waals surface area contributed by atoms with Gasteiger partial charge in [-0.15, -0.1) is 0 Å². The van der Waals surface area contributed by atoms with Crippen molar-refractivity contribution in [3.05, 3.63) is 59.9 Å². The molecule has 1 aliphatic heterocycles. The molecule has 8 heteroatoms. The number of carbonyl (C=O) groups is 3. The largest absolute Gasteiger partial charge is 0.371 e. The molecule has 0 bridgehead atoms. The van der Waals surface area contributed by atoms with E-state index in [0.29, 0.717) is 11.3 Å². The van der Waals surface area contributed by atoms with Crippen LogP contribution in [0.2, 0.25) is 0 Å². The van der Waals surface area contributed by atoms with Crippen LogP contribution in [0.15, 0.2) is 48.5 Å². The summed E-state index contributed by atoms with van der Waals surface area (Å²) in [5.41, 5.74) is 7.54. The van der Waals surface area contributed by atoms with Crippen LogP contribution in [0.25, 0.3) is 0 Å². The average molecular weight is 412 g/mol. The van der Waals surface area contributed by atoms with E-state index in [0.717, 1.165) is 31.6 Å². The number of carbonyl (C=O) groups excluding carboxylic acids is 3. The Balaban J connectivity index is 1.43. The molecule has 0 saturated carbocycles. The maximum absolute atomic E-state index is 13.2. The lowest BCUT2D eigenvalue weighted by Gasteiger charge is -2.32. The quantitative estimate of drug-likeness (QED) is 0.645. The molecule has 1 aliphatic rings. The predicted molar refractivity (Wildman–Crippen MR) is 112 cm³/mol. The van der Waals surface area contributed by atoms with Crippen LogP contribution in [0.1, 0.15) is 18.4 Å². The van der Waals surface area contributed by atoms with Crippen LogP contribution in [0.5, 0.6) is 0 Å². The second-order valence-corrected chi connectivity index (χ2v) is 7.34. The summed E-state index contributed by atoms with van der Waals surface area (Å²) in [5.74, 6) is -1.41. The van der Waals surface area contributed by atoms with E-state index < -0.39 is 5.82 Å². The van der Waals surface area contributed by atoms with Gasteiger partial charge in [0.15, 0.2) is 0 Å². The Kier molecular flexibility index (Phi) is 7.00. The zero-order valence-electron chi connectivity index (χ0n) is 16.6. The lowest BCUT2D eigenvalue weighted by Crippen LogP contribution is -2.38. The van der Waals surface area contributed by atoms with Crippen molar-refractivity contribution in [1.82, 2.24) is 5.32 Å². The van der Waals surface area contributed by atoms with Gasteiger partial charge < -0.3 is 21.3 Å². The van der Waals surface area contributed by atoms with Crippen molar-refractivity contribution in [2.45, 2.75) is 19.3 Å². The highest BCUT2D eigenvalue weighted by Gasteiger charge is 2.23. The summed E-state index contributed by atoms with van der Waals surface area (Å²) >= 11 is 0. The Labute approximate surface area is 174 Å². The number of nitrogens with one attached hydrogen (secondary N) is 2. The van der Waals surface area contributed by atoms with E-state index in [2.05, 4.69) is 15.5 Å². The van der Waals surface area contributed by atoms with Crippen LogP contribution in [0, 0.1) is 11.7 Å². The van der Waals surface area contributed by atoms with Gasteiger partial charge in [0.25, 0.3) is 0 Å². The van der Waals surface area contributed by atoms with Crippen molar-refractivity contribution in [3.8, 4) is 0 Å². The van der Waals surface area contributed by atoms with Crippen molar-refractivity contribution in [2.75, 3.05) is 29.9 Å². The van der Waals surface area contributed by atoms with Crippen LogP contribution < -0.4 is 21.3 Å². The molecule has 0 aliphatic carbocycles. The predicted octanol–water partition coefficient (Wildman–Crippen LogP) is 1.82. The molecule has 3 rings (SSSR count). The lowest BCUT2D eigenvalue weighted by atomic mass is 9.96. The Hall–Kier alpha value is -3.42. The van der Waals surface area contributed by atoms with E-state index >= 15 is 0 Å². The second-order valence-electron chi connectivity index (χ2n) is 7.34. The molecule has 0 atom stereocenters. The Morgan fingerprint density at radius 1 is 1.03 bits per heavy atom. The molecule has 7 nitrogen and oxygen atoms in total. The summed E-state index contributed by atoms with van der Waals surface area (Å²) in [6, 6.07) is 13.2. The number of amides is 3. The number of nitrogens with two attached hydrogens (primary N) is 1. The molecule has 2 aromatic rings. The minimum absolute atomic E-state index is 0.00613. The summed E-state index contributed by atoms with van der Waals surface area (Å²) in [5, 5.41) is 5.26. The third-order valence-corrected chi connectivity index (χ3v) is 5.11. The molecule has 158 valence electrons. The van der Waals surface area contributed by atoms with Gasteiger partial charge in [-0.1, -0.05) is 12.1 Å². The number of piperidine rings is 1. The molecule has 30 heavy (non-hydrogen) atoms. The Bertz CT molecular complexity index is 909. The molecule has 1 fully saturated rings.